The molecule has 2 N–H and O–H groups in total. The summed E-state index contributed by atoms with van der Waals surface area (Å²) in [6.07, 6.45) is -1.16. The lowest BCUT2D eigenvalue weighted by molar-refractivity contribution is -0.137. The summed E-state index contributed by atoms with van der Waals surface area (Å²) in [5.74, 6) is 0.518. The number of anilines is 1. The monoisotopic (exact) mass is 472 g/mol. The van der Waals surface area contributed by atoms with Crippen LogP contribution in [-0.4, -0.2) is 27.2 Å². The number of aromatic nitrogens is 3. The Kier molecular flexibility index (Phi) is 5.32. The average molecular weight is 472 g/mol. The first-order valence-electron chi connectivity index (χ1n) is 10.3. The fourth-order valence-electron chi connectivity index (χ4n) is 3.91. The molecule has 2 heterocycles. The van der Waals surface area contributed by atoms with Crippen LogP contribution in [0, 0.1) is 6.92 Å². The van der Waals surface area contributed by atoms with Gasteiger partial charge in [0.05, 0.1) is 17.4 Å². The van der Waals surface area contributed by atoms with E-state index < -0.39 is 11.7 Å². The molecule has 4 aromatic rings. The lowest BCUT2D eigenvalue weighted by Gasteiger charge is -2.35. The number of aromatic amines is 1. The molecule has 6 nitrogen and oxygen atoms in total. The zero-order valence-corrected chi connectivity index (χ0v) is 18.3. The summed E-state index contributed by atoms with van der Waals surface area (Å²) in [6, 6.07) is 10.9. The van der Waals surface area contributed by atoms with Gasteiger partial charge in [-0.1, -0.05) is 23.5 Å². The van der Waals surface area contributed by atoms with Crippen molar-refractivity contribution >= 4 is 33.8 Å². The minimum atomic E-state index is -4.32. The molecule has 0 atom stereocenters. The van der Waals surface area contributed by atoms with Crippen LogP contribution in [-0.2, 0) is 6.18 Å². The number of amides is 1. The molecule has 170 valence electrons. The van der Waals surface area contributed by atoms with E-state index in [4.69, 9.17) is 4.74 Å². The van der Waals surface area contributed by atoms with Crippen LogP contribution in [0.15, 0.2) is 48.7 Å². The highest BCUT2D eigenvalue weighted by molar-refractivity contribution is 7.13. The number of nitrogens with one attached hydrogen (secondary N) is 2. The van der Waals surface area contributed by atoms with E-state index in [1.54, 1.807) is 25.3 Å². The first-order valence-corrected chi connectivity index (χ1v) is 11.1. The van der Waals surface area contributed by atoms with E-state index in [1.807, 2.05) is 18.2 Å². The molecule has 1 saturated carbocycles. The van der Waals surface area contributed by atoms with Crippen LogP contribution >= 0.6 is 11.3 Å². The standard InChI is InChI=1S/C23H19F3N4O2S/c1-12-29-30-22(33-12)21(31)28-20-11-27-19-7-6-16(10-18(19)20)32-17-8-14(9-17)13-2-4-15(5-3-13)23(24,25)26/h2-7,10-11,14,17,27H,8-9H2,1H3,(H,28,31)/t14-,17-. The number of carbonyl (C=O) groups excluding carboxylic acids is 1. The number of halogens is 3. The Hall–Kier alpha value is -3.40. The number of H-pyrrole nitrogens is 1. The number of aryl methyl sites for hydroxylation is 1. The number of hydrogen-bond acceptors (Lipinski definition) is 5. The number of nitrogens with zero attached hydrogens (tertiary/aromatic N) is 2. The van der Waals surface area contributed by atoms with Crippen LogP contribution in [0.2, 0.25) is 0 Å². The van der Waals surface area contributed by atoms with Crippen LogP contribution in [0.1, 0.15) is 44.7 Å². The van der Waals surface area contributed by atoms with Crippen molar-refractivity contribution in [3.8, 4) is 5.75 Å². The molecular formula is C23H19F3N4O2S. The largest absolute Gasteiger partial charge is 0.490 e. The molecule has 0 bridgehead atoms. The van der Waals surface area contributed by atoms with E-state index in [0.717, 1.165) is 41.4 Å². The first-order chi connectivity index (χ1) is 15.8. The maximum Gasteiger partial charge on any atom is 0.416 e. The Morgan fingerprint density at radius 2 is 1.91 bits per heavy atom. The highest BCUT2D eigenvalue weighted by Gasteiger charge is 2.34. The number of ether oxygens (including phenoxy) is 1. The van der Waals surface area contributed by atoms with Crippen LogP contribution in [0.5, 0.6) is 5.75 Å². The van der Waals surface area contributed by atoms with Gasteiger partial charge in [-0.25, -0.2) is 0 Å². The molecule has 2 aromatic carbocycles. The molecule has 2 aromatic heterocycles. The van der Waals surface area contributed by atoms with Gasteiger partial charge >= 0.3 is 6.18 Å². The topological polar surface area (TPSA) is 79.9 Å². The second-order valence-electron chi connectivity index (χ2n) is 8.02. The minimum Gasteiger partial charge on any atom is -0.490 e. The quantitative estimate of drug-likeness (QED) is 0.378. The normalized spacial score (nSPS) is 18.2. The SMILES string of the molecule is Cc1nnc(C(=O)Nc2c[nH]c3ccc(O[C@H]4C[C@H](c5ccc(C(F)(F)F)cc5)C4)cc23)s1. The molecule has 0 radical (unpaired) electrons. The van der Waals surface area contributed by atoms with Crippen LogP contribution < -0.4 is 10.1 Å². The van der Waals surface area contributed by atoms with E-state index in [2.05, 4.69) is 20.5 Å². The number of carbonyl (C=O) groups is 1. The van der Waals surface area contributed by atoms with Crippen molar-refractivity contribution < 1.29 is 22.7 Å². The van der Waals surface area contributed by atoms with Gasteiger partial charge in [-0.05, 0) is 61.6 Å². The van der Waals surface area contributed by atoms with Crippen LogP contribution in [0.3, 0.4) is 0 Å². The highest BCUT2D eigenvalue weighted by Crippen LogP contribution is 2.41. The maximum atomic E-state index is 12.7. The van der Waals surface area contributed by atoms with Gasteiger partial charge in [0.2, 0.25) is 5.01 Å². The molecule has 5 rings (SSSR count). The molecule has 1 aliphatic rings. The Morgan fingerprint density at radius 3 is 2.58 bits per heavy atom. The zero-order valence-electron chi connectivity index (χ0n) is 17.4. The molecule has 10 heteroatoms. The third-order valence-electron chi connectivity index (χ3n) is 5.73. The Morgan fingerprint density at radius 1 is 1.15 bits per heavy atom. The molecule has 1 fully saturated rings. The van der Waals surface area contributed by atoms with Crippen molar-refractivity contribution in [2.45, 2.75) is 38.0 Å². The van der Waals surface area contributed by atoms with Crippen molar-refractivity contribution in [3.63, 3.8) is 0 Å². The van der Waals surface area contributed by atoms with Gasteiger partial charge in [-0.3, -0.25) is 4.79 Å². The fourth-order valence-corrected chi connectivity index (χ4v) is 4.50. The van der Waals surface area contributed by atoms with E-state index >= 15 is 0 Å². The molecule has 0 spiro atoms. The smallest absolute Gasteiger partial charge is 0.416 e. The molecular weight excluding hydrogens is 453 g/mol. The van der Waals surface area contributed by atoms with Crippen molar-refractivity contribution in [3.05, 3.63) is 69.8 Å². The van der Waals surface area contributed by atoms with Crippen LogP contribution in [0.4, 0.5) is 18.9 Å². The Bertz CT molecular complexity index is 1310. The summed E-state index contributed by atoms with van der Waals surface area (Å²) in [5, 5.41) is 12.4. The third kappa shape index (κ3) is 4.43. The van der Waals surface area contributed by atoms with Gasteiger partial charge in [-0.15, -0.1) is 10.2 Å². The Balaban J connectivity index is 1.23. The number of benzene rings is 2. The van der Waals surface area contributed by atoms with E-state index in [0.29, 0.717) is 16.4 Å². The van der Waals surface area contributed by atoms with Gasteiger partial charge in [0, 0.05) is 17.1 Å². The second kappa shape index (κ2) is 8.18. The van der Waals surface area contributed by atoms with Gasteiger partial charge in [0.25, 0.3) is 5.91 Å². The summed E-state index contributed by atoms with van der Waals surface area (Å²) >= 11 is 1.22. The van der Waals surface area contributed by atoms with Gasteiger partial charge < -0.3 is 15.0 Å². The van der Waals surface area contributed by atoms with E-state index in [1.165, 1.54) is 11.3 Å². The first kappa shape index (κ1) is 21.4. The van der Waals surface area contributed by atoms with Crippen LogP contribution in [0.25, 0.3) is 10.9 Å². The van der Waals surface area contributed by atoms with E-state index in [9.17, 15) is 18.0 Å². The summed E-state index contributed by atoms with van der Waals surface area (Å²) in [6.45, 7) is 1.78. The average Bonchev–Trinajstić information content (AvgIpc) is 3.36. The van der Waals surface area contributed by atoms with Crippen molar-refractivity contribution in [2.24, 2.45) is 0 Å². The third-order valence-corrected chi connectivity index (χ3v) is 6.57. The number of hydrogen-bond donors (Lipinski definition) is 2. The fraction of sp³-hybridized carbons (Fsp3) is 0.261. The maximum absolute atomic E-state index is 12.7. The molecule has 0 aliphatic heterocycles. The summed E-state index contributed by atoms with van der Waals surface area (Å²) in [4.78, 5) is 15.5. The summed E-state index contributed by atoms with van der Waals surface area (Å²) < 4.78 is 44.3. The molecule has 1 aliphatic carbocycles. The van der Waals surface area contributed by atoms with Gasteiger partial charge in [0.15, 0.2) is 0 Å². The highest BCUT2D eigenvalue weighted by atomic mass is 32.1. The van der Waals surface area contributed by atoms with Crippen molar-refractivity contribution in [1.29, 1.82) is 0 Å². The Labute approximate surface area is 190 Å². The van der Waals surface area contributed by atoms with E-state index in [-0.39, 0.29) is 22.9 Å². The van der Waals surface area contributed by atoms with Crippen molar-refractivity contribution in [1.82, 2.24) is 15.2 Å². The van der Waals surface area contributed by atoms with Gasteiger partial charge in [-0.2, -0.15) is 13.2 Å². The number of alkyl halides is 3. The lowest BCUT2D eigenvalue weighted by Crippen LogP contribution is -2.32. The molecule has 0 saturated heterocycles. The second-order valence-corrected chi connectivity index (χ2v) is 9.20. The summed E-state index contributed by atoms with van der Waals surface area (Å²) in [5.41, 5.74) is 1.72. The number of fused-ring (bicyclic) bond motifs is 1. The lowest BCUT2D eigenvalue weighted by atomic mass is 9.77. The predicted octanol–water partition coefficient (Wildman–Crippen LogP) is 5.92. The molecule has 33 heavy (non-hydrogen) atoms. The van der Waals surface area contributed by atoms with Gasteiger partial charge in [0.1, 0.15) is 10.8 Å². The summed E-state index contributed by atoms with van der Waals surface area (Å²) in [7, 11) is 0. The predicted molar refractivity (Wildman–Crippen MR) is 119 cm³/mol. The van der Waals surface area contributed by atoms with Crippen molar-refractivity contribution in [2.75, 3.05) is 5.32 Å². The molecule has 1 amide bonds. The minimum absolute atomic E-state index is 0.0175. The number of rotatable bonds is 5. The molecule has 0 unspecified atom stereocenters. The zero-order chi connectivity index (χ0) is 23.2.